The molecule has 0 aromatic heterocycles. The summed E-state index contributed by atoms with van der Waals surface area (Å²) in [4.78, 5) is 2.52. The molecular weight excluding hydrogens is 256 g/mol. The first-order valence-corrected chi connectivity index (χ1v) is 8.28. The van der Waals surface area contributed by atoms with Gasteiger partial charge in [-0.3, -0.25) is 0 Å². The van der Waals surface area contributed by atoms with Crippen LogP contribution in [-0.2, 0) is 5.41 Å². The predicted octanol–water partition coefficient (Wildman–Crippen LogP) is 3.67. The van der Waals surface area contributed by atoms with E-state index in [2.05, 4.69) is 75.3 Å². The third kappa shape index (κ3) is 5.44. The average molecular weight is 288 g/mol. The van der Waals surface area contributed by atoms with Crippen LogP contribution in [0.5, 0.6) is 0 Å². The van der Waals surface area contributed by atoms with E-state index in [1.54, 1.807) is 0 Å². The number of benzene rings is 1. The third-order valence-corrected chi connectivity index (χ3v) is 4.37. The first-order chi connectivity index (χ1) is 9.78. The molecule has 0 saturated heterocycles. The van der Waals surface area contributed by atoms with Gasteiger partial charge in [-0.15, -0.1) is 0 Å². The molecule has 1 atom stereocenters. The fraction of sp³-hybridized carbons (Fsp3) is 0.684. The molecule has 1 aromatic carbocycles. The van der Waals surface area contributed by atoms with Crippen molar-refractivity contribution in [1.29, 1.82) is 0 Å². The maximum absolute atomic E-state index is 3.71. The van der Waals surface area contributed by atoms with Crippen LogP contribution < -0.4 is 5.32 Å². The zero-order valence-electron chi connectivity index (χ0n) is 14.4. The molecule has 1 fully saturated rings. The van der Waals surface area contributed by atoms with Crippen molar-refractivity contribution in [1.82, 2.24) is 10.2 Å². The van der Waals surface area contributed by atoms with Crippen LogP contribution in [0.2, 0.25) is 0 Å². The molecular formula is C19H32N2. The van der Waals surface area contributed by atoms with Crippen molar-refractivity contribution >= 4 is 0 Å². The van der Waals surface area contributed by atoms with E-state index in [-0.39, 0.29) is 11.0 Å². The maximum atomic E-state index is 3.71. The van der Waals surface area contributed by atoms with E-state index in [1.165, 1.54) is 24.9 Å². The molecule has 0 heterocycles. The van der Waals surface area contributed by atoms with Crippen LogP contribution in [0.25, 0.3) is 0 Å². The monoisotopic (exact) mass is 288 g/mol. The average Bonchev–Trinajstić information content (AvgIpc) is 3.20. The Balaban J connectivity index is 2.08. The second-order valence-electron chi connectivity index (χ2n) is 8.17. The van der Waals surface area contributed by atoms with Crippen LogP contribution in [0.4, 0.5) is 0 Å². The highest BCUT2D eigenvalue weighted by Crippen LogP contribution is 2.31. The molecule has 2 nitrogen and oxygen atoms in total. The molecule has 1 N–H and O–H groups in total. The van der Waals surface area contributed by atoms with Gasteiger partial charge < -0.3 is 10.2 Å². The Kier molecular flexibility index (Phi) is 5.11. The summed E-state index contributed by atoms with van der Waals surface area (Å²) in [6.07, 6.45) is 2.85. The lowest BCUT2D eigenvalue weighted by molar-refractivity contribution is 0.229. The Bertz CT molecular complexity index is 431. The number of rotatable bonds is 7. The summed E-state index contributed by atoms with van der Waals surface area (Å²) in [5, 5.41) is 3.71. The van der Waals surface area contributed by atoms with Crippen LogP contribution in [0.15, 0.2) is 30.3 Å². The Morgan fingerprint density at radius 2 is 1.71 bits per heavy atom. The van der Waals surface area contributed by atoms with Gasteiger partial charge in [0.1, 0.15) is 0 Å². The minimum atomic E-state index is 0.151. The van der Waals surface area contributed by atoms with Crippen molar-refractivity contribution in [3.63, 3.8) is 0 Å². The summed E-state index contributed by atoms with van der Waals surface area (Å²) in [5.41, 5.74) is 1.74. The van der Waals surface area contributed by atoms with Crippen LogP contribution in [0.3, 0.4) is 0 Å². The molecule has 1 unspecified atom stereocenters. The van der Waals surface area contributed by atoms with E-state index in [1.807, 2.05) is 0 Å². The minimum Gasteiger partial charge on any atom is -0.311 e. The largest absolute Gasteiger partial charge is 0.311 e. The van der Waals surface area contributed by atoms with E-state index in [9.17, 15) is 0 Å². The molecule has 1 aromatic rings. The van der Waals surface area contributed by atoms with Gasteiger partial charge in [0, 0.05) is 30.6 Å². The molecule has 118 valence electrons. The van der Waals surface area contributed by atoms with E-state index in [0.29, 0.717) is 0 Å². The Hall–Kier alpha value is -0.860. The molecule has 0 amide bonds. The predicted molar refractivity (Wildman–Crippen MR) is 91.8 cm³/mol. The fourth-order valence-corrected chi connectivity index (χ4v) is 2.95. The normalized spacial score (nSPS) is 18.8. The van der Waals surface area contributed by atoms with E-state index in [0.717, 1.165) is 19.0 Å². The molecule has 0 radical (unpaired) electrons. The van der Waals surface area contributed by atoms with Crippen molar-refractivity contribution in [2.45, 2.75) is 51.5 Å². The van der Waals surface area contributed by atoms with Gasteiger partial charge in [-0.25, -0.2) is 0 Å². The minimum absolute atomic E-state index is 0.151. The maximum Gasteiger partial charge on any atom is 0.0177 e. The highest BCUT2D eigenvalue weighted by molar-refractivity contribution is 5.26. The van der Waals surface area contributed by atoms with Crippen LogP contribution in [0.1, 0.15) is 46.1 Å². The fourth-order valence-electron chi connectivity index (χ4n) is 2.95. The topological polar surface area (TPSA) is 15.3 Å². The van der Waals surface area contributed by atoms with E-state index in [4.69, 9.17) is 0 Å². The Labute approximate surface area is 130 Å². The van der Waals surface area contributed by atoms with E-state index >= 15 is 0 Å². The van der Waals surface area contributed by atoms with Gasteiger partial charge in [-0.05, 0) is 52.1 Å². The molecule has 0 spiro atoms. The molecule has 21 heavy (non-hydrogen) atoms. The van der Waals surface area contributed by atoms with Gasteiger partial charge in [0.05, 0.1) is 0 Å². The standard InChI is InChI=1S/C19H32N2/c1-18(2,3)20-14-19(4,17-9-7-6-8-10-17)15-21(5)13-16-11-12-16/h6-10,16,20H,11-15H2,1-5H3. The lowest BCUT2D eigenvalue weighted by Crippen LogP contribution is -2.49. The second-order valence-corrected chi connectivity index (χ2v) is 8.17. The number of hydrogen-bond donors (Lipinski definition) is 1. The molecule has 1 aliphatic rings. The highest BCUT2D eigenvalue weighted by atomic mass is 15.1. The van der Waals surface area contributed by atoms with Gasteiger partial charge in [-0.2, -0.15) is 0 Å². The smallest absolute Gasteiger partial charge is 0.0177 e. The number of nitrogens with zero attached hydrogens (tertiary/aromatic N) is 1. The number of nitrogens with one attached hydrogen (secondary N) is 1. The van der Waals surface area contributed by atoms with Crippen molar-refractivity contribution in [2.24, 2.45) is 5.92 Å². The first kappa shape index (κ1) is 16.5. The van der Waals surface area contributed by atoms with Crippen LogP contribution >= 0.6 is 0 Å². The van der Waals surface area contributed by atoms with Crippen molar-refractivity contribution < 1.29 is 0 Å². The first-order valence-electron chi connectivity index (χ1n) is 8.28. The molecule has 0 aliphatic heterocycles. The number of likely N-dealkylation sites (N-methyl/N-ethyl adjacent to an activating group) is 1. The summed E-state index contributed by atoms with van der Waals surface area (Å²) in [5.74, 6) is 0.950. The zero-order chi connectivity index (χ0) is 15.5. The van der Waals surface area contributed by atoms with Crippen molar-refractivity contribution in [3.8, 4) is 0 Å². The summed E-state index contributed by atoms with van der Waals surface area (Å²) in [6, 6.07) is 11.0. The van der Waals surface area contributed by atoms with Gasteiger partial charge >= 0.3 is 0 Å². The zero-order valence-corrected chi connectivity index (χ0v) is 14.4. The molecule has 0 bridgehead atoms. The summed E-state index contributed by atoms with van der Waals surface area (Å²) >= 11 is 0. The Morgan fingerprint density at radius 1 is 1.10 bits per heavy atom. The number of hydrogen-bond acceptors (Lipinski definition) is 2. The van der Waals surface area contributed by atoms with Crippen molar-refractivity contribution in [2.75, 3.05) is 26.7 Å². The molecule has 2 rings (SSSR count). The lowest BCUT2D eigenvalue weighted by atomic mass is 9.81. The summed E-state index contributed by atoms with van der Waals surface area (Å²) < 4.78 is 0. The summed E-state index contributed by atoms with van der Waals surface area (Å²) in [7, 11) is 2.27. The third-order valence-electron chi connectivity index (χ3n) is 4.37. The second kappa shape index (κ2) is 6.50. The van der Waals surface area contributed by atoms with Gasteiger partial charge in [-0.1, -0.05) is 37.3 Å². The molecule has 1 saturated carbocycles. The van der Waals surface area contributed by atoms with Crippen molar-refractivity contribution in [3.05, 3.63) is 35.9 Å². The highest BCUT2D eigenvalue weighted by Gasteiger charge is 2.31. The van der Waals surface area contributed by atoms with Gasteiger partial charge in [0.2, 0.25) is 0 Å². The van der Waals surface area contributed by atoms with Gasteiger partial charge in [0.25, 0.3) is 0 Å². The molecule has 2 heteroatoms. The van der Waals surface area contributed by atoms with E-state index < -0.39 is 0 Å². The van der Waals surface area contributed by atoms with Crippen LogP contribution in [0, 0.1) is 5.92 Å². The molecule has 1 aliphatic carbocycles. The Morgan fingerprint density at radius 3 is 2.24 bits per heavy atom. The lowest BCUT2D eigenvalue weighted by Gasteiger charge is -2.37. The van der Waals surface area contributed by atoms with Crippen LogP contribution in [-0.4, -0.2) is 37.1 Å². The SMILES string of the molecule is CN(CC1CC1)CC(C)(CNC(C)(C)C)c1ccccc1. The quantitative estimate of drug-likeness (QED) is 0.823. The summed E-state index contributed by atoms with van der Waals surface area (Å²) in [6.45, 7) is 12.5. The van der Waals surface area contributed by atoms with Gasteiger partial charge in [0.15, 0.2) is 0 Å².